The fourth-order valence-electron chi connectivity index (χ4n) is 5.34. The first-order chi connectivity index (χ1) is 18.4. The zero-order valence-corrected chi connectivity index (χ0v) is 23.4. The summed E-state index contributed by atoms with van der Waals surface area (Å²) in [6.45, 7) is 10.3. The van der Waals surface area contributed by atoms with Gasteiger partial charge in [0.25, 0.3) is 0 Å². The van der Waals surface area contributed by atoms with Crippen molar-refractivity contribution in [3.63, 3.8) is 0 Å². The van der Waals surface area contributed by atoms with Gasteiger partial charge in [0, 0.05) is 77.1 Å². The lowest BCUT2D eigenvalue weighted by atomic mass is 10.1. The van der Waals surface area contributed by atoms with E-state index in [-0.39, 0.29) is 6.10 Å². The molecule has 38 heavy (non-hydrogen) atoms. The van der Waals surface area contributed by atoms with Gasteiger partial charge in [-0.3, -0.25) is 4.90 Å². The average molecular weight is 545 g/mol. The van der Waals surface area contributed by atoms with E-state index in [0.29, 0.717) is 26.3 Å². The fraction of sp³-hybridized carbons (Fsp3) is 0.630. The minimum atomic E-state index is -3.12. The van der Waals surface area contributed by atoms with Crippen molar-refractivity contribution in [1.82, 2.24) is 24.1 Å². The van der Waals surface area contributed by atoms with Crippen LogP contribution in [0.5, 0.6) is 5.75 Å². The minimum absolute atomic E-state index is 0.149. The number of piperidine rings is 1. The normalized spacial score (nSPS) is 21.1. The summed E-state index contributed by atoms with van der Waals surface area (Å²) in [5.74, 6) is 1.73. The van der Waals surface area contributed by atoms with E-state index in [1.165, 1.54) is 11.8 Å². The third-order valence-corrected chi connectivity index (χ3v) is 9.00. The van der Waals surface area contributed by atoms with Crippen LogP contribution >= 0.6 is 0 Å². The van der Waals surface area contributed by atoms with Gasteiger partial charge in [-0.25, -0.2) is 18.4 Å². The fourth-order valence-corrected chi connectivity index (χ4v) is 6.16. The molecule has 10 nitrogen and oxygen atoms in total. The summed E-state index contributed by atoms with van der Waals surface area (Å²) in [7, 11) is -3.12. The van der Waals surface area contributed by atoms with Crippen molar-refractivity contribution >= 4 is 21.7 Å². The number of hydrogen-bond donors (Lipinski definition) is 0. The lowest BCUT2D eigenvalue weighted by molar-refractivity contribution is 0.0886. The molecule has 1 radical (unpaired) electrons. The number of sulfonamides is 1. The van der Waals surface area contributed by atoms with Gasteiger partial charge in [0.1, 0.15) is 19.3 Å². The molecule has 11 heteroatoms. The van der Waals surface area contributed by atoms with Crippen molar-refractivity contribution in [3.8, 4) is 5.75 Å². The molecule has 0 saturated carbocycles. The number of piperazine rings is 1. The number of benzene rings is 1. The van der Waals surface area contributed by atoms with E-state index in [0.717, 1.165) is 88.0 Å². The summed E-state index contributed by atoms with van der Waals surface area (Å²) in [5, 5.41) is 0. The van der Waals surface area contributed by atoms with Gasteiger partial charge in [-0.05, 0) is 23.6 Å². The summed E-state index contributed by atoms with van der Waals surface area (Å²) in [6.07, 6.45) is 8.08. The molecule has 0 spiro atoms. The zero-order valence-electron chi connectivity index (χ0n) is 22.6. The van der Waals surface area contributed by atoms with Gasteiger partial charge >= 0.3 is 0 Å². The molecule has 0 N–H and O–H groups in total. The second-order valence-corrected chi connectivity index (χ2v) is 12.4. The maximum atomic E-state index is 11.9. The number of morpholine rings is 1. The molecule has 3 aliphatic rings. The van der Waals surface area contributed by atoms with E-state index in [2.05, 4.69) is 49.8 Å². The molecular formula is C27H40N6O4S+. The molecule has 207 valence electrons. The third-order valence-electron chi connectivity index (χ3n) is 7.70. The van der Waals surface area contributed by atoms with Gasteiger partial charge in [-0.15, -0.1) is 4.90 Å². The number of hydrogen-bond acceptors (Lipinski definition) is 9. The van der Waals surface area contributed by atoms with E-state index < -0.39 is 10.0 Å². The number of rotatable bonds is 8. The largest absolute Gasteiger partial charge is 0.484 e. The van der Waals surface area contributed by atoms with Crippen LogP contribution in [-0.2, 0) is 27.7 Å². The van der Waals surface area contributed by atoms with E-state index in [1.54, 1.807) is 4.31 Å². The van der Waals surface area contributed by atoms with Crippen molar-refractivity contribution < 1.29 is 17.9 Å². The second kappa shape index (κ2) is 12.3. The predicted octanol–water partition coefficient (Wildman–Crippen LogP) is 1.97. The number of nitrogens with zero attached hydrogens (tertiary/aromatic N) is 6. The zero-order chi connectivity index (χ0) is 26.5. The van der Waals surface area contributed by atoms with Crippen LogP contribution in [0.3, 0.4) is 0 Å². The second-order valence-electron chi connectivity index (χ2n) is 10.4. The Bertz CT molecular complexity index is 1160. The third kappa shape index (κ3) is 6.81. The SMILES string of the molecule is CCc1cnc(N2CCC(Oc3ccc(CN4CCN(S(C)(=O)=O)CC4)cc3[N+]3CCOCC3)CC2)nc1. The predicted molar refractivity (Wildman–Crippen MR) is 148 cm³/mol. The van der Waals surface area contributed by atoms with Crippen LogP contribution in [-0.4, -0.2) is 106 Å². The molecule has 1 aromatic carbocycles. The Labute approximate surface area is 226 Å². The highest BCUT2D eigenvalue weighted by molar-refractivity contribution is 7.88. The molecule has 0 atom stereocenters. The van der Waals surface area contributed by atoms with Gasteiger partial charge in [0.2, 0.25) is 21.7 Å². The summed E-state index contributed by atoms with van der Waals surface area (Å²) in [6, 6.07) is 6.52. The van der Waals surface area contributed by atoms with Crippen LogP contribution in [0.25, 0.3) is 0 Å². The van der Waals surface area contributed by atoms with Crippen molar-refractivity contribution in [2.75, 3.05) is 76.7 Å². The molecule has 0 unspecified atom stereocenters. The lowest BCUT2D eigenvalue weighted by Gasteiger charge is -2.33. The molecule has 0 aliphatic carbocycles. The molecule has 3 saturated heterocycles. The van der Waals surface area contributed by atoms with E-state index in [1.807, 2.05) is 12.4 Å². The molecule has 3 fully saturated rings. The number of aromatic nitrogens is 2. The first-order valence-electron chi connectivity index (χ1n) is 13.7. The van der Waals surface area contributed by atoms with Gasteiger partial charge in [-0.1, -0.05) is 13.0 Å². The van der Waals surface area contributed by atoms with Gasteiger partial charge in [-0.2, -0.15) is 4.31 Å². The summed E-state index contributed by atoms with van der Waals surface area (Å²) in [5.41, 5.74) is 3.50. The highest BCUT2D eigenvalue weighted by Crippen LogP contribution is 2.33. The number of aryl methyl sites for hydroxylation is 1. The van der Waals surface area contributed by atoms with Crippen LogP contribution in [0.15, 0.2) is 30.6 Å². The smallest absolute Gasteiger partial charge is 0.225 e. The molecule has 3 aliphatic heterocycles. The Kier molecular flexibility index (Phi) is 8.79. The molecule has 0 amide bonds. The minimum Gasteiger partial charge on any atom is -0.484 e. The van der Waals surface area contributed by atoms with Crippen LogP contribution in [0, 0.1) is 0 Å². The number of ether oxygens (including phenoxy) is 2. The van der Waals surface area contributed by atoms with Crippen molar-refractivity contribution in [2.45, 2.75) is 38.8 Å². The van der Waals surface area contributed by atoms with Crippen LogP contribution < -0.4 is 14.5 Å². The molecule has 5 rings (SSSR count). The Balaban J connectivity index is 1.23. The van der Waals surface area contributed by atoms with Gasteiger partial charge in [0.05, 0.1) is 6.26 Å². The van der Waals surface area contributed by atoms with Crippen LogP contribution in [0.2, 0.25) is 0 Å². The lowest BCUT2D eigenvalue weighted by Crippen LogP contribution is -2.47. The topological polar surface area (TPSA) is 94.0 Å². The Morgan fingerprint density at radius 1 is 1.00 bits per heavy atom. The summed E-state index contributed by atoms with van der Waals surface area (Å²) >= 11 is 0. The van der Waals surface area contributed by atoms with E-state index in [9.17, 15) is 8.42 Å². The maximum Gasteiger partial charge on any atom is 0.225 e. The molecule has 1 aromatic heterocycles. The van der Waals surface area contributed by atoms with Crippen molar-refractivity contribution in [1.29, 1.82) is 0 Å². The van der Waals surface area contributed by atoms with Gasteiger partial charge in [0.15, 0.2) is 18.8 Å². The van der Waals surface area contributed by atoms with Crippen LogP contribution in [0.4, 0.5) is 11.6 Å². The monoisotopic (exact) mass is 544 g/mol. The average Bonchev–Trinajstić information content (AvgIpc) is 2.95. The quantitative estimate of drug-likeness (QED) is 0.466. The number of anilines is 2. The van der Waals surface area contributed by atoms with Gasteiger partial charge < -0.3 is 14.4 Å². The highest BCUT2D eigenvalue weighted by Gasteiger charge is 2.30. The maximum absolute atomic E-state index is 11.9. The molecule has 2 aromatic rings. The van der Waals surface area contributed by atoms with E-state index in [4.69, 9.17) is 9.47 Å². The van der Waals surface area contributed by atoms with E-state index >= 15 is 0 Å². The summed E-state index contributed by atoms with van der Waals surface area (Å²) < 4.78 is 37.5. The Morgan fingerprint density at radius 2 is 1.68 bits per heavy atom. The molecule has 4 heterocycles. The highest BCUT2D eigenvalue weighted by atomic mass is 32.2. The Morgan fingerprint density at radius 3 is 2.32 bits per heavy atom. The van der Waals surface area contributed by atoms with Crippen molar-refractivity contribution in [3.05, 3.63) is 41.7 Å². The Hall–Kier alpha value is -2.31. The first-order valence-corrected chi connectivity index (χ1v) is 15.6. The standard InChI is InChI=1S/C27H40N6O4S/c1-3-22-19-28-27(29-20-22)32-8-6-24(7-9-32)37-26-5-4-23(18-25(26)31-14-16-36-17-15-31)21-30-10-12-33(13-11-30)38(2,34)35/h4-5,18-20,24H,3,6-17,21H2,1-2H3/q+1. The summed E-state index contributed by atoms with van der Waals surface area (Å²) in [4.78, 5) is 16.0. The first kappa shape index (κ1) is 27.3. The van der Waals surface area contributed by atoms with Crippen molar-refractivity contribution in [2.24, 2.45) is 0 Å². The van der Waals surface area contributed by atoms with Crippen LogP contribution in [0.1, 0.15) is 30.9 Å². The molecule has 0 bridgehead atoms. The molecular weight excluding hydrogens is 504 g/mol.